The zero-order chi connectivity index (χ0) is 16.4. The number of hydrogen-bond acceptors (Lipinski definition) is 6. The summed E-state index contributed by atoms with van der Waals surface area (Å²) in [6, 6.07) is 1.85. The van der Waals surface area contributed by atoms with E-state index in [-0.39, 0.29) is 5.91 Å². The quantitative estimate of drug-likeness (QED) is 0.856. The average Bonchev–Trinajstić information content (AvgIpc) is 3.34. The largest absolute Gasteiger partial charge is 0.341 e. The van der Waals surface area contributed by atoms with Crippen LogP contribution in [-0.4, -0.2) is 51.9 Å². The standard InChI is InChI=1S/C17H21N5OS/c23-16(15-11-24-12-20-15)22-9-4-14(10-22)13-2-7-21(8-3-13)17-18-5-1-6-19-17/h1,5-6,11-14H,2-4,7-10H2/t14-/m0/s1. The van der Waals surface area contributed by atoms with Gasteiger partial charge in [0.2, 0.25) is 5.95 Å². The molecule has 2 aliphatic rings. The minimum absolute atomic E-state index is 0.0915. The van der Waals surface area contributed by atoms with Crippen molar-refractivity contribution < 1.29 is 4.79 Å². The lowest BCUT2D eigenvalue weighted by Gasteiger charge is -2.34. The normalized spacial score (nSPS) is 22.1. The van der Waals surface area contributed by atoms with Crippen LogP contribution >= 0.6 is 11.3 Å². The van der Waals surface area contributed by atoms with E-state index in [0.29, 0.717) is 17.5 Å². The van der Waals surface area contributed by atoms with E-state index >= 15 is 0 Å². The van der Waals surface area contributed by atoms with E-state index in [2.05, 4.69) is 19.9 Å². The van der Waals surface area contributed by atoms with E-state index in [0.717, 1.165) is 51.4 Å². The fourth-order valence-electron chi connectivity index (χ4n) is 3.86. The van der Waals surface area contributed by atoms with Crippen molar-refractivity contribution in [3.63, 3.8) is 0 Å². The number of aromatic nitrogens is 3. The Kier molecular flexibility index (Phi) is 4.42. The monoisotopic (exact) mass is 343 g/mol. The number of nitrogens with zero attached hydrogens (tertiary/aromatic N) is 5. The van der Waals surface area contributed by atoms with Gasteiger partial charge in [0.25, 0.3) is 5.91 Å². The van der Waals surface area contributed by atoms with Gasteiger partial charge in [-0.3, -0.25) is 4.79 Å². The van der Waals surface area contributed by atoms with Crippen molar-refractivity contribution in [2.75, 3.05) is 31.1 Å². The minimum atomic E-state index is 0.0915. The van der Waals surface area contributed by atoms with E-state index in [1.807, 2.05) is 16.3 Å². The molecule has 1 amide bonds. The van der Waals surface area contributed by atoms with E-state index < -0.39 is 0 Å². The van der Waals surface area contributed by atoms with Gasteiger partial charge < -0.3 is 9.80 Å². The highest BCUT2D eigenvalue weighted by atomic mass is 32.1. The van der Waals surface area contributed by atoms with Gasteiger partial charge in [0, 0.05) is 44.0 Å². The van der Waals surface area contributed by atoms with Crippen molar-refractivity contribution in [2.45, 2.75) is 19.3 Å². The van der Waals surface area contributed by atoms with Gasteiger partial charge in [-0.1, -0.05) is 0 Å². The molecule has 7 heteroatoms. The van der Waals surface area contributed by atoms with E-state index in [4.69, 9.17) is 0 Å². The molecule has 6 nitrogen and oxygen atoms in total. The van der Waals surface area contributed by atoms with Crippen LogP contribution in [0.5, 0.6) is 0 Å². The Morgan fingerprint density at radius 1 is 1.04 bits per heavy atom. The SMILES string of the molecule is O=C(c1cscn1)N1CC[C@H](C2CCN(c3ncccn3)CC2)C1. The summed E-state index contributed by atoms with van der Waals surface area (Å²) in [5, 5.41) is 1.84. The highest BCUT2D eigenvalue weighted by Gasteiger charge is 2.34. The summed E-state index contributed by atoms with van der Waals surface area (Å²) in [6.45, 7) is 3.75. The van der Waals surface area contributed by atoms with Crippen molar-refractivity contribution in [3.8, 4) is 0 Å². The summed E-state index contributed by atoms with van der Waals surface area (Å²) >= 11 is 1.48. The first-order chi connectivity index (χ1) is 11.8. The molecule has 2 saturated heterocycles. The Bertz CT molecular complexity index is 670. The van der Waals surface area contributed by atoms with Crippen molar-refractivity contribution >= 4 is 23.2 Å². The second kappa shape index (κ2) is 6.84. The van der Waals surface area contributed by atoms with Crippen LogP contribution in [-0.2, 0) is 0 Å². The Balaban J connectivity index is 1.31. The van der Waals surface area contributed by atoms with Gasteiger partial charge in [0.1, 0.15) is 5.69 Å². The average molecular weight is 343 g/mol. The molecule has 2 aliphatic heterocycles. The number of piperidine rings is 1. The maximum atomic E-state index is 12.4. The van der Waals surface area contributed by atoms with E-state index in [1.165, 1.54) is 11.3 Å². The molecule has 0 aromatic carbocycles. The number of carbonyl (C=O) groups excluding carboxylic acids is 1. The molecule has 0 aliphatic carbocycles. The van der Waals surface area contributed by atoms with Crippen LogP contribution in [0.25, 0.3) is 0 Å². The number of thiazole rings is 1. The Morgan fingerprint density at radius 2 is 1.79 bits per heavy atom. The van der Waals surface area contributed by atoms with Crippen molar-refractivity contribution in [3.05, 3.63) is 35.0 Å². The molecule has 2 aromatic heterocycles. The maximum absolute atomic E-state index is 12.4. The smallest absolute Gasteiger partial charge is 0.273 e. The molecule has 4 rings (SSSR count). The molecule has 0 bridgehead atoms. The Hall–Kier alpha value is -2.02. The summed E-state index contributed by atoms with van der Waals surface area (Å²) < 4.78 is 0. The summed E-state index contributed by atoms with van der Waals surface area (Å²) in [7, 11) is 0. The van der Waals surface area contributed by atoms with Gasteiger partial charge in [-0.2, -0.15) is 0 Å². The van der Waals surface area contributed by atoms with Crippen LogP contribution in [0.2, 0.25) is 0 Å². The molecule has 126 valence electrons. The fourth-order valence-corrected chi connectivity index (χ4v) is 4.39. The van der Waals surface area contributed by atoms with Crippen LogP contribution in [0, 0.1) is 11.8 Å². The molecule has 0 saturated carbocycles. The first-order valence-corrected chi connectivity index (χ1v) is 9.45. The third-order valence-corrected chi connectivity index (χ3v) is 5.79. The maximum Gasteiger partial charge on any atom is 0.273 e. The van der Waals surface area contributed by atoms with Crippen molar-refractivity contribution in [1.29, 1.82) is 0 Å². The molecule has 1 atom stereocenters. The minimum Gasteiger partial charge on any atom is -0.341 e. The summed E-state index contributed by atoms with van der Waals surface area (Å²) in [5.41, 5.74) is 2.32. The fraction of sp³-hybridized carbons (Fsp3) is 0.529. The Morgan fingerprint density at radius 3 is 2.50 bits per heavy atom. The van der Waals surface area contributed by atoms with Gasteiger partial charge in [-0.05, 0) is 37.2 Å². The first-order valence-electron chi connectivity index (χ1n) is 8.50. The molecular weight excluding hydrogens is 322 g/mol. The second-order valence-electron chi connectivity index (χ2n) is 6.55. The van der Waals surface area contributed by atoms with Crippen molar-refractivity contribution in [2.24, 2.45) is 11.8 Å². The first kappa shape index (κ1) is 15.5. The third-order valence-electron chi connectivity index (χ3n) is 5.20. The molecule has 0 unspecified atom stereocenters. The number of likely N-dealkylation sites (tertiary alicyclic amines) is 1. The number of anilines is 1. The lowest BCUT2D eigenvalue weighted by atomic mass is 9.84. The van der Waals surface area contributed by atoms with Crippen LogP contribution in [0.4, 0.5) is 5.95 Å². The zero-order valence-corrected chi connectivity index (χ0v) is 14.4. The van der Waals surface area contributed by atoms with Gasteiger partial charge >= 0.3 is 0 Å². The predicted octanol–water partition coefficient (Wildman–Crippen LogP) is 2.31. The number of hydrogen-bond donors (Lipinski definition) is 0. The lowest BCUT2D eigenvalue weighted by Crippen LogP contribution is -2.38. The molecule has 2 aromatic rings. The molecule has 0 N–H and O–H groups in total. The van der Waals surface area contributed by atoms with Crippen molar-refractivity contribution in [1.82, 2.24) is 19.9 Å². The molecular formula is C17H21N5OS. The van der Waals surface area contributed by atoms with Crippen LogP contribution in [0.15, 0.2) is 29.4 Å². The number of carbonyl (C=O) groups is 1. The molecule has 0 spiro atoms. The van der Waals surface area contributed by atoms with Gasteiger partial charge in [0.15, 0.2) is 0 Å². The zero-order valence-electron chi connectivity index (χ0n) is 13.5. The van der Waals surface area contributed by atoms with Crippen LogP contribution in [0.1, 0.15) is 29.8 Å². The number of rotatable bonds is 3. The molecule has 0 radical (unpaired) electrons. The third kappa shape index (κ3) is 3.13. The topological polar surface area (TPSA) is 62.2 Å². The van der Waals surface area contributed by atoms with E-state index in [9.17, 15) is 4.79 Å². The predicted molar refractivity (Wildman–Crippen MR) is 93.1 cm³/mol. The van der Waals surface area contributed by atoms with Crippen LogP contribution < -0.4 is 4.90 Å². The molecule has 2 fully saturated rings. The van der Waals surface area contributed by atoms with Gasteiger partial charge in [-0.25, -0.2) is 15.0 Å². The Labute approximate surface area is 145 Å². The molecule has 24 heavy (non-hydrogen) atoms. The lowest BCUT2D eigenvalue weighted by molar-refractivity contribution is 0.0775. The molecule has 4 heterocycles. The van der Waals surface area contributed by atoms with Gasteiger partial charge in [0.05, 0.1) is 5.51 Å². The highest BCUT2D eigenvalue weighted by Crippen LogP contribution is 2.33. The summed E-state index contributed by atoms with van der Waals surface area (Å²) in [4.78, 5) is 29.5. The summed E-state index contributed by atoms with van der Waals surface area (Å²) in [6.07, 6.45) is 7.02. The van der Waals surface area contributed by atoms with Crippen LogP contribution in [0.3, 0.4) is 0 Å². The summed E-state index contributed by atoms with van der Waals surface area (Å²) in [5.74, 6) is 2.24. The van der Waals surface area contributed by atoms with Gasteiger partial charge in [-0.15, -0.1) is 11.3 Å². The number of amides is 1. The highest BCUT2D eigenvalue weighted by molar-refractivity contribution is 7.07. The second-order valence-corrected chi connectivity index (χ2v) is 7.27. The van der Waals surface area contributed by atoms with E-state index in [1.54, 1.807) is 17.9 Å².